The van der Waals surface area contributed by atoms with Crippen molar-refractivity contribution in [2.75, 3.05) is 26.9 Å². The van der Waals surface area contributed by atoms with Crippen LogP contribution in [0.25, 0.3) is 0 Å². The van der Waals surface area contributed by atoms with Crippen LogP contribution in [0, 0.1) is 0 Å². The Labute approximate surface area is 124 Å². The predicted octanol–water partition coefficient (Wildman–Crippen LogP) is 3.40. The summed E-state index contributed by atoms with van der Waals surface area (Å²) in [5, 5.41) is 3.40. The monoisotopic (exact) mass is 329 g/mol. The number of benzene rings is 1. The van der Waals surface area contributed by atoms with Crippen molar-refractivity contribution in [2.45, 2.75) is 32.7 Å². The lowest BCUT2D eigenvalue weighted by Crippen LogP contribution is -2.38. The predicted molar refractivity (Wildman–Crippen MR) is 83.0 cm³/mol. The molecule has 1 rings (SSSR count). The lowest BCUT2D eigenvalue weighted by Gasteiger charge is -2.20. The van der Waals surface area contributed by atoms with E-state index in [9.17, 15) is 0 Å². The van der Waals surface area contributed by atoms with Gasteiger partial charge in [0, 0.05) is 12.1 Å². The van der Waals surface area contributed by atoms with E-state index in [0.29, 0.717) is 0 Å². The summed E-state index contributed by atoms with van der Waals surface area (Å²) in [5.41, 5.74) is 1.40. The third kappa shape index (κ3) is 6.95. The van der Waals surface area contributed by atoms with E-state index in [4.69, 9.17) is 9.47 Å². The fraction of sp³-hybridized carbons (Fsp3) is 0.600. The zero-order chi connectivity index (χ0) is 14.3. The van der Waals surface area contributed by atoms with Gasteiger partial charge in [-0.15, -0.1) is 0 Å². The van der Waals surface area contributed by atoms with Crippen LogP contribution in [0.2, 0.25) is 0 Å². The van der Waals surface area contributed by atoms with Gasteiger partial charge in [0.25, 0.3) is 0 Å². The minimum Gasteiger partial charge on any atom is -0.496 e. The minimum atomic E-state index is 0.157. The highest BCUT2D eigenvalue weighted by Crippen LogP contribution is 2.25. The second kappa shape index (κ2) is 7.88. The van der Waals surface area contributed by atoms with Gasteiger partial charge in [0.15, 0.2) is 0 Å². The molecule has 0 amide bonds. The van der Waals surface area contributed by atoms with Gasteiger partial charge in [0.2, 0.25) is 0 Å². The minimum absolute atomic E-state index is 0.157. The van der Waals surface area contributed by atoms with E-state index in [1.54, 1.807) is 7.11 Å². The van der Waals surface area contributed by atoms with Gasteiger partial charge >= 0.3 is 0 Å². The molecule has 0 atom stereocenters. The van der Waals surface area contributed by atoms with Crippen molar-refractivity contribution in [1.29, 1.82) is 0 Å². The van der Waals surface area contributed by atoms with E-state index in [1.165, 1.54) is 5.56 Å². The van der Waals surface area contributed by atoms with Crippen LogP contribution in [0.5, 0.6) is 5.75 Å². The summed E-state index contributed by atoms with van der Waals surface area (Å²) in [6.07, 6.45) is 0.915. The van der Waals surface area contributed by atoms with Crippen molar-refractivity contribution in [1.82, 2.24) is 5.32 Å². The van der Waals surface area contributed by atoms with E-state index < -0.39 is 0 Å². The van der Waals surface area contributed by atoms with Gasteiger partial charge in [-0.2, -0.15) is 0 Å². The number of ether oxygens (including phenoxy) is 2. The average molecular weight is 330 g/mol. The number of halogens is 1. The maximum absolute atomic E-state index is 5.62. The number of nitrogens with one attached hydrogen (secondary N) is 1. The lowest BCUT2D eigenvalue weighted by molar-refractivity contribution is 0.133. The molecule has 1 N–H and O–H groups in total. The van der Waals surface area contributed by atoms with E-state index in [-0.39, 0.29) is 5.54 Å². The quantitative estimate of drug-likeness (QED) is 0.777. The SMILES string of the molecule is COc1ccc(CCOCCNC(C)(C)C)cc1Br. The van der Waals surface area contributed by atoms with Crippen LogP contribution in [-0.2, 0) is 11.2 Å². The topological polar surface area (TPSA) is 30.5 Å². The molecule has 0 spiro atoms. The van der Waals surface area contributed by atoms with Gasteiger partial charge < -0.3 is 14.8 Å². The molecule has 0 fully saturated rings. The lowest BCUT2D eigenvalue weighted by atomic mass is 10.1. The van der Waals surface area contributed by atoms with Gasteiger partial charge in [-0.05, 0) is 60.8 Å². The summed E-state index contributed by atoms with van der Waals surface area (Å²) in [4.78, 5) is 0. The summed E-state index contributed by atoms with van der Waals surface area (Å²) in [6, 6.07) is 6.12. The molecule has 0 saturated carbocycles. The smallest absolute Gasteiger partial charge is 0.133 e. The van der Waals surface area contributed by atoms with Gasteiger partial charge in [0.05, 0.1) is 24.8 Å². The van der Waals surface area contributed by atoms with Crippen molar-refractivity contribution >= 4 is 15.9 Å². The molecule has 1 aromatic rings. The summed E-state index contributed by atoms with van der Waals surface area (Å²) in [6.45, 7) is 8.83. The largest absolute Gasteiger partial charge is 0.496 e. The molecule has 4 heteroatoms. The van der Waals surface area contributed by atoms with Crippen molar-refractivity contribution in [3.8, 4) is 5.75 Å². The Balaban J connectivity index is 2.21. The third-order valence-corrected chi connectivity index (χ3v) is 3.27. The summed E-state index contributed by atoms with van der Waals surface area (Å²) in [5.74, 6) is 0.860. The van der Waals surface area contributed by atoms with Gasteiger partial charge in [-0.3, -0.25) is 0 Å². The van der Waals surface area contributed by atoms with E-state index in [2.05, 4.69) is 54.2 Å². The molecular weight excluding hydrogens is 306 g/mol. The highest BCUT2D eigenvalue weighted by atomic mass is 79.9. The Bertz CT molecular complexity index is 388. The number of hydrogen-bond donors (Lipinski definition) is 1. The second-order valence-corrected chi connectivity index (χ2v) is 6.36. The van der Waals surface area contributed by atoms with Crippen molar-refractivity contribution in [3.63, 3.8) is 0 Å². The van der Waals surface area contributed by atoms with Gasteiger partial charge in [0.1, 0.15) is 5.75 Å². The van der Waals surface area contributed by atoms with Crippen molar-refractivity contribution < 1.29 is 9.47 Å². The maximum Gasteiger partial charge on any atom is 0.133 e. The number of rotatable bonds is 7. The van der Waals surface area contributed by atoms with Crippen LogP contribution >= 0.6 is 15.9 Å². The van der Waals surface area contributed by atoms with E-state index >= 15 is 0 Å². The molecule has 19 heavy (non-hydrogen) atoms. The molecule has 0 aliphatic rings. The van der Waals surface area contributed by atoms with Crippen LogP contribution in [0.15, 0.2) is 22.7 Å². The van der Waals surface area contributed by atoms with Crippen LogP contribution in [0.1, 0.15) is 26.3 Å². The normalized spacial score (nSPS) is 11.6. The van der Waals surface area contributed by atoms with Gasteiger partial charge in [-0.1, -0.05) is 6.07 Å². The molecule has 0 radical (unpaired) electrons. The van der Waals surface area contributed by atoms with Crippen LogP contribution < -0.4 is 10.1 Å². The summed E-state index contributed by atoms with van der Waals surface area (Å²) < 4.78 is 11.8. The number of methoxy groups -OCH3 is 1. The van der Waals surface area contributed by atoms with E-state index in [1.807, 2.05) is 6.07 Å². The Morgan fingerprint density at radius 1 is 1.21 bits per heavy atom. The first kappa shape index (κ1) is 16.5. The third-order valence-electron chi connectivity index (χ3n) is 2.65. The molecule has 0 bridgehead atoms. The molecule has 1 aromatic carbocycles. The average Bonchev–Trinajstić information content (AvgIpc) is 2.32. The van der Waals surface area contributed by atoms with Crippen LogP contribution in [0.4, 0.5) is 0 Å². The van der Waals surface area contributed by atoms with Crippen molar-refractivity contribution in [3.05, 3.63) is 28.2 Å². The molecule has 3 nitrogen and oxygen atoms in total. The molecule has 0 unspecified atom stereocenters. The second-order valence-electron chi connectivity index (χ2n) is 5.51. The molecular formula is C15H24BrNO2. The first-order valence-corrected chi connectivity index (χ1v) is 7.37. The Kier molecular flexibility index (Phi) is 6.83. The Hall–Kier alpha value is -0.580. The fourth-order valence-corrected chi connectivity index (χ4v) is 2.24. The zero-order valence-electron chi connectivity index (χ0n) is 12.3. The fourth-order valence-electron chi connectivity index (χ4n) is 1.66. The highest BCUT2D eigenvalue weighted by Gasteiger charge is 2.07. The first-order chi connectivity index (χ1) is 8.92. The molecule has 0 aromatic heterocycles. The molecule has 108 valence electrons. The van der Waals surface area contributed by atoms with Gasteiger partial charge in [-0.25, -0.2) is 0 Å². The molecule has 0 heterocycles. The summed E-state index contributed by atoms with van der Waals surface area (Å²) >= 11 is 3.49. The van der Waals surface area contributed by atoms with Crippen LogP contribution in [0.3, 0.4) is 0 Å². The first-order valence-electron chi connectivity index (χ1n) is 6.57. The summed E-state index contributed by atoms with van der Waals surface area (Å²) in [7, 11) is 1.67. The Morgan fingerprint density at radius 2 is 1.95 bits per heavy atom. The van der Waals surface area contributed by atoms with Crippen molar-refractivity contribution in [2.24, 2.45) is 0 Å². The molecule has 0 saturated heterocycles. The molecule has 0 aliphatic carbocycles. The van der Waals surface area contributed by atoms with Crippen LogP contribution in [-0.4, -0.2) is 32.4 Å². The zero-order valence-corrected chi connectivity index (χ0v) is 13.8. The van der Waals surface area contributed by atoms with E-state index in [0.717, 1.165) is 36.4 Å². The highest BCUT2D eigenvalue weighted by molar-refractivity contribution is 9.10. The molecule has 0 aliphatic heterocycles. The Morgan fingerprint density at radius 3 is 2.53 bits per heavy atom. The maximum atomic E-state index is 5.62. The number of hydrogen-bond acceptors (Lipinski definition) is 3. The standard InChI is InChI=1S/C15H24BrNO2/c1-15(2,3)17-8-10-19-9-7-12-5-6-14(18-4)13(16)11-12/h5-6,11,17H,7-10H2,1-4H3.